The van der Waals surface area contributed by atoms with Crippen LogP contribution in [0.1, 0.15) is 37.4 Å². The van der Waals surface area contributed by atoms with E-state index in [2.05, 4.69) is 14.7 Å². The molecule has 1 saturated carbocycles. The van der Waals surface area contributed by atoms with Crippen LogP contribution in [0.4, 0.5) is 5.13 Å². The summed E-state index contributed by atoms with van der Waals surface area (Å²) in [6.07, 6.45) is 5.00. The predicted octanol–water partition coefficient (Wildman–Crippen LogP) is 2.25. The Labute approximate surface area is 99.6 Å². The van der Waals surface area contributed by atoms with Gasteiger partial charge >= 0.3 is 0 Å². The topological polar surface area (TPSA) is 47.0 Å². The smallest absolute Gasteiger partial charge is 0.202 e. The molecule has 0 amide bonds. The minimum atomic E-state index is 0.641. The van der Waals surface area contributed by atoms with Gasteiger partial charge in [0.15, 0.2) is 0 Å². The highest BCUT2D eigenvalue weighted by Crippen LogP contribution is 2.39. The number of aromatic nitrogens is 2. The Kier molecular flexibility index (Phi) is 3.06. The van der Waals surface area contributed by atoms with Crippen molar-refractivity contribution in [3.63, 3.8) is 0 Å². The Balaban J connectivity index is 1.49. The highest BCUT2D eigenvalue weighted by Gasteiger charge is 2.27. The Bertz CT molecular complexity index is 345. The van der Waals surface area contributed by atoms with Crippen LogP contribution in [0.2, 0.25) is 0 Å². The molecule has 1 N–H and O–H groups in total. The second-order valence-electron chi connectivity index (χ2n) is 4.70. The van der Waals surface area contributed by atoms with E-state index in [-0.39, 0.29) is 0 Å². The van der Waals surface area contributed by atoms with Crippen LogP contribution in [0.15, 0.2) is 0 Å². The molecule has 0 spiro atoms. The van der Waals surface area contributed by atoms with Crippen molar-refractivity contribution >= 4 is 16.7 Å². The minimum absolute atomic E-state index is 0.641. The molecule has 4 nitrogen and oxygen atoms in total. The number of rotatable bonds is 4. The Morgan fingerprint density at radius 3 is 3.06 bits per heavy atom. The Hall–Kier alpha value is -0.680. The monoisotopic (exact) mass is 239 g/mol. The third kappa shape index (κ3) is 2.52. The molecule has 2 aliphatic rings. The molecule has 1 aromatic rings. The summed E-state index contributed by atoms with van der Waals surface area (Å²) in [4.78, 5) is 4.51. The molecule has 2 fully saturated rings. The summed E-state index contributed by atoms with van der Waals surface area (Å²) >= 11 is 1.49. The molecule has 2 heterocycles. The molecule has 1 aliphatic carbocycles. The number of hydrogen-bond acceptors (Lipinski definition) is 5. The molecular formula is C11H17N3OS. The lowest BCUT2D eigenvalue weighted by Crippen LogP contribution is -2.24. The maximum atomic E-state index is 5.45. The first kappa shape index (κ1) is 10.5. The fraction of sp³-hybridized carbons (Fsp3) is 0.818. The lowest BCUT2D eigenvalue weighted by atomic mass is 10.0. The third-order valence-corrected chi connectivity index (χ3v) is 3.87. The summed E-state index contributed by atoms with van der Waals surface area (Å²) in [7, 11) is 0. The Morgan fingerprint density at radius 2 is 2.31 bits per heavy atom. The van der Waals surface area contributed by atoms with Crippen LogP contribution in [-0.4, -0.2) is 29.1 Å². The summed E-state index contributed by atoms with van der Waals surface area (Å²) < 4.78 is 9.83. The van der Waals surface area contributed by atoms with E-state index in [1.807, 2.05) is 0 Å². The van der Waals surface area contributed by atoms with Crippen molar-refractivity contribution < 1.29 is 4.74 Å². The van der Waals surface area contributed by atoms with Crippen LogP contribution >= 0.6 is 11.5 Å². The average Bonchev–Trinajstić information content (AvgIpc) is 3.08. The first-order valence-corrected chi connectivity index (χ1v) is 6.84. The number of nitrogens with zero attached hydrogens (tertiary/aromatic N) is 2. The van der Waals surface area contributed by atoms with Gasteiger partial charge in [-0.05, 0) is 31.6 Å². The quantitative estimate of drug-likeness (QED) is 0.875. The van der Waals surface area contributed by atoms with Crippen LogP contribution in [0.3, 0.4) is 0 Å². The van der Waals surface area contributed by atoms with Crippen LogP contribution in [0, 0.1) is 5.92 Å². The predicted molar refractivity (Wildman–Crippen MR) is 63.9 cm³/mol. The third-order valence-electron chi connectivity index (χ3n) is 3.18. The van der Waals surface area contributed by atoms with Gasteiger partial charge < -0.3 is 10.1 Å². The molecule has 5 heteroatoms. The van der Waals surface area contributed by atoms with Gasteiger partial charge in [-0.25, -0.2) is 4.98 Å². The van der Waals surface area contributed by atoms with Gasteiger partial charge in [0, 0.05) is 30.6 Å². The normalized spacial score (nSPS) is 25.6. The van der Waals surface area contributed by atoms with Gasteiger partial charge in [-0.15, -0.1) is 0 Å². The van der Waals surface area contributed by atoms with Gasteiger partial charge in [0.2, 0.25) is 5.13 Å². The van der Waals surface area contributed by atoms with Gasteiger partial charge in [0.05, 0.1) is 6.61 Å². The van der Waals surface area contributed by atoms with E-state index < -0.39 is 0 Å². The molecule has 88 valence electrons. The first-order valence-electron chi connectivity index (χ1n) is 6.07. The molecule has 1 aromatic heterocycles. The lowest BCUT2D eigenvalue weighted by Gasteiger charge is -2.21. The van der Waals surface area contributed by atoms with E-state index in [0.717, 1.165) is 30.7 Å². The van der Waals surface area contributed by atoms with E-state index >= 15 is 0 Å². The van der Waals surface area contributed by atoms with Crippen molar-refractivity contribution in [3.05, 3.63) is 5.82 Å². The van der Waals surface area contributed by atoms with Gasteiger partial charge in [0.1, 0.15) is 5.82 Å². The Morgan fingerprint density at radius 1 is 1.38 bits per heavy atom. The molecule has 1 saturated heterocycles. The fourth-order valence-corrected chi connectivity index (χ4v) is 2.67. The molecule has 0 bridgehead atoms. The molecule has 1 unspecified atom stereocenters. The largest absolute Gasteiger partial charge is 0.381 e. The van der Waals surface area contributed by atoms with E-state index in [1.54, 1.807) is 0 Å². The standard InChI is InChI=1S/C11H17N3OS/c1-2-8(7-15-5-1)6-12-11-13-10(14-16-11)9-3-4-9/h8-9H,1-7H2,(H,12,13,14). The molecule has 16 heavy (non-hydrogen) atoms. The SMILES string of the molecule is C1COCC(CNc2nc(C3CC3)ns2)C1. The van der Waals surface area contributed by atoms with Crippen LogP contribution in [0.5, 0.6) is 0 Å². The first-order chi connectivity index (χ1) is 7.92. The van der Waals surface area contributed by atoms with E-state index in [4.69, 9.17) is 4.74 Å². The number of ether oxygens (including phenoxy) is 1. The van der Waals surface area contributed by atoms with Crippen molar-refractivity contribution in [2.45, 2.75) is 31.6 Å². The van der Waals surface area contributed by atoms with Gasteiger partial charge in [0.25, 0.3) is 0 Å². The summed E-state index contributed by atoms with van der Waals surface area (Å²) in [6, 6.07) is 0. The van der Waals surface area contributed by atoms with Crippen LogP contribution in [0.25, 0.3) is 0 Å². The zero-order valence-corrected chi connectivity index (χ0v) is 10.1. The van der Waals surface area contributed by atoms with Crippen molar-refractivity contribution in [2.24, 2.45) is 5.92 Å². The van der Waals surface area contributed by atoms with E-state index in [1.165, 1.54) is 37.2 Å². The summed E-state index contributed by atoms with van der Waals surface area (Å²) in [6.45, 7) is 2.79. The molecule has 3 rings (SSSR count). The number of anilines is 1. The summed E-state index contributed by atoms with van der Waals surface area (Å²) in [5.74, 6) is 2.35. The molecule has 1 atom stereocenters. The fourth-order valence-electron chi connectivity index (χ4n) is 2.01. The van der Waals surface area contributed by atoms with E-state index in [0.29, 0.717) is 11.8 Å². The van der Waals surface area contributed by atoms with Crippen molar-refractivity contribution in [2.75, 3.05) is 25.1 Å². The molecule has 0 radical (unpaired) electrons. The molecular weight excluding hydrogens is 222 g/mol. The second kappa shape index (κ2) is 4.67. The maximum Gasteiger partial charge on any atom is 0.202 e. The van der Waals surface area contributed by atoms with Gasteiger partial charge in [-0.1, -0.05) is 0 Å². The maximum absolute atomic E-state index is 5.45. The number of nitrogens with one attached hydrogen (secondary N) is 1. The molecule has 0 aromatic carbocycles. The van der Waals surface area contributed by atoms with Crippen LogP contribution < -0.4 is 5.32 Å². The zero-order chi connectivity index (χ0) is 10.8. The van der Waals surface area contributed by atoms with Crippen molar-refractivity contribution in [1.29, 1.82) is 0 Å². The lowest BCUT2D eigenvalue weighted by molar-refractivity contribution is 0.0595. The zero-order valence-electron chi connectivity index (χ0n) is 9.32. The molecule has 1 aliphatic heterocycles. The van der Waals surface area contributed by atoms with Crippen molar-refractivity contribution in [3.8, 4) is 0 Å². The van der Waals surface area contributed by atoms with Gasteiger partial charge in [-0.3, -0.25) is 0 Å². The van der Waals surface area contributed by atoms with Crippen LogP contribution in [-0.2, 0) is 4.74 Å². The second-order valence-corrected chi connectivity index (χ2v) is 5.45. The highest BCUT2D eigenvalue weighted by atomic mass is 32.1. The highest BCUT2D eigenvalue weighted by molar-refractivity contribution is 7.09. The van der Waals surface area contributed by atoms with Crippen molar-refractivity contribution in [1.82, 2.24) is 9.36 Å². The summed E-state index contributed by atoms with van der Waals surface area (Å²) in [5.41, 5.74) is 0. The average molecular weight is 239 g/mol. The number of hydrogen-bond donors (Lipinski definition) is 1. The van der Waals surface area contributed by atoms with Gasteiger partial charge in [-0.2, -0.15) is 4.37 Å². The minimum Gasteiger partial charge on any atom is -0.381 e. The summed E-state index contributed by atoms with van der Waals surface area (Å²) in [5, 5.41) is 4.36. The van der Waals surface area contributed by atoms with E-state index in [9.17, 15) is 0 Å².